The van der Waals surface area contributed by atoms with Crippen molar-refractivity contribution in [1.82, 2.24) is 0 Å². The highest BCUT2D eigenvalue weighted by atomic mass is 35.5. The van der Waals surface area contributed by atoms with Crippen molar-refractivity contribution >= 4 is 7.60 Å². The molecule has 0 bridgehead atoms. The number of rotatable bonds is 7. The number of halogens is 2. The maximum Gasteiger partial charge on any atom is 0.398 e. The quantitative estimate of drug-likeness (QED) is 0.234. The summed E-state index contributed by atoms with van der Waals surface area (Å²) in [6, 6.07) is 25.2. The Morgan fingerprint density at radius 2 is 1.29 bits per heavy atom. The number of hydrogen-bond donors (Lipinski definition) is 2. The van der Waals surface area contributed by atoms with Crippen LogP contribution in [-0.2, 0) is 11.0 Å². The van der Waals surface area contributed by atoms with Crippen LogP contribution in [0.2, 0.25) is 0 Å². The topological polar surface area (TPSA) is 65.3 Å². The minimum Gasteiger partial charge on any atom is -1.00 e. The van der Waals surface area contributed by atoms with Gasteiger partial charge in [-0.3, -0.25) is 4.57 Å². The summed E-state index contributed by atoms with van der Waals surface area (Å²) in [4.78, 5) is 19.9. The highest BCUT2D eigenvalue weighted by Gasteiger charge is 2.38. The van der Waals surface area contributed by atoms with Crippen LogP contribution < -0.4 is 33.9 Å². The van der Waals surface area contributed by atoms with E-state index in [-0.39, 0.29) is 24.8 Å². The van der Waals surface area contributed by atoms with Gasteiger partial charge in [0.05, 0.1) is 0 Å². The lowest BCUT2D eigenvalue weighted by atomic mass is 10.1. The maximum absolute atomic E-state index is 12.2. The molecule has 0 saturated heterocycles. The van der Waals surface area contributed by atoms with Crippen molar-refractivity contribution in [2.45, 2.75) is 25.5 Å². The normalized spacial score (nSPS) is 11.7. The van der Waals surface area contributed by atoms with Crippen molar-refractivity contribution in [3.63, 3.8) is 0 Å². The molecule has 2 aromatic carbocycles. The summed E-state index contributed by atoms with van der Waals surface area (Å²) in [6.07, 6.45) is 9.68. The second-order valence-electron chi connectivity index (χ2n) is 7.78. The summed E-state index contributed by atoms with van der Waals surface area (Å²) in [7, 11) is -4.40. The molecule has 2 aromatic heterocycles. The van der Waals surface area contributed by atoms with Gasteiger partial charge in [-0.2, -0.15) is 9.13 Å². The summed E-state index contributed by atoms with van der Waals surface area (Å²) in [5.41, 5.74) is 5.09. The lowest BCUT2D eigenvalue weighted by molar-refractivity contribution is -0.695. The van der Waals surface area contributed by atoms with Gasteiger partial charge >= 0.3 is 7.60 Å². The monoisotopic (exact) mass is 516 g/mol. The maximum atomic E-state index is 12.2. The van der Waals surface area contributed by atoms with Crippen molar-refractivity contribution in [3.8, 4) is 16.8 Å². The van der Waals surface area contributed by atoms with E-state index >= 15 is 0 Å². The molecule has 4 rings (SSSR count). The molecule has 34 heavy (non-hydrogen) atoms. The number of aryl methyl sites for hydroxylation is 1. The van der Waals surface area contributed by atoms with Crippen LogP contribution in [0.1, 0.15) is 30.3 Å². The molecule has 2 N–H and O–H groups in total. The first kappa shape index (κ1) is 27.7. The summed E-state index contributed by atoms with van der Waals surface area (Å²) < 4.78 is 15.9. The van der Waals surface area contributed by atoms with Gasteiger partial charge in [0.25, 0.3) is 5.78 Å². The average molecular weight is 517 g/mol. The zero-order valence-electron chi connectivity index (χ0n) is 18.7. The minimum atomic E-state index is -4.40. The van der Waals surface area contributed by atoms with E-state index in [1.54, 1.807) is 41.2 Å². The Morgan fingerprint density at radius 3 is 1.85 bits per heavy atom. The fourth-order valence-electron chi connectivity index (χ4n) is 3.98. The third kappa shape index (κ3) is 6.32. The molecule has 0 saturated carbocycles. The van der Waals surface area contributed by atoms with E-state index in [2.05, 4.69) is 47.9 Å². The van der Waals surface area contributed by atoms with Gasteiger partial charge in [-0.15, -0.1) is 0 Å². The first-order valence-electron chi connectivity index (χ1n) is 10.7. The van der Waals surface area contributed by atoms with Crippen LogP contribution in [0.3, 0.4) is 0 Å². The van der Waals surface area contributed by atoms with Crippen LogP contribution >= 0.6 is 7.60 Å². The lowest BCUT2D eigenvalue weighted by Gasteiger charge is -2.14. The van der Waals surface area contributed by atoms with Crippen LogP contribution in [0.4, 0.5) is 0 Å². The highest BCUT2D eigenvalue weighted by molar-refractivity contribution is 7.51. The second kappa shape index (κ2) is 12.3. The van der Waals surface area contributed by atoms with Gasteiger partial charge in [-0.05, 0) is 17.5 Å². The Bertz CT molecular complexity index is 1230. The van der Waals surface area contributed by atoms with Crippen LogP contribution in [-0.4, -0.2) is 9.79 Å². The minimum absolute atomic E-state index is 0. The number of nitrogens with zero attached hydrogens (tertiary/aromatic N) is 2. The molecule has 0 radical (unpaired) electrons. The molecule has 0 aliphatic heterocycles. The van der Waals surface area contributed by atoms with Gasteiger partial charge in [0.2, 0.25) is 5.69 Å². The number of para-hydroxylation sites is 1. The Balaban J connectivity index is 0.00000204. The number of pyridine rings is 2. The van der Waals surface area contributed by atoms with Crippen LogP contribution in [0.25, 0.3) is 16.8 Å². The van der Waals surface area contributed by atoms with E-state index in [0.29, 0.717) is 5.56 Å². The van der Waals surface area contributed by atoms with E-state index in [9.17, 15) is 14.4 Å². The number of benzene rings is 2. The van der Waals surface area contributed by atoms with Gasteiger partial charge < -0.3 is 34.6 Å². The smallest absolute Gasteiger partial charge is 0.398 e. The molecule has 1 atom stereocenters. The molecule has 1 unspecified atom stereocenters. The summed E-state index contributed by atoms with van der Waals surface area (Å²) in [5, 5.41) is 0. The second-order valence-corrected chi connectivity index (χ2v) is 9.45. The predicted octanol–water partition coefficient (Wildman–Crippen LogP) is -1.40. The number of aromatic nitrogens is 2. The summed E-state index contributed by atoms with van der Waals surface area (Å²) in [6.45, 7) is 2.18. The van der Waals surface area contributed by atoms with Gasteiger partial charge in [0.1, 0.15) is 0 Å². The lowest BCUT2D eigenvalue weighted by Crippen LogP contribution is -3.00. The Labute approximate surface area is 212 Å². The molecule has 0 spiro atoms. The largest absolute Gasteiger partial charge is 1.00 e. The van der Waals surface area contributed by atoms with Crippen molar-refractivity contribution in [3.05, 3.63) is 115 Å². The zero-order valence-corrected chi connectivity index (χ0v) is 21.1. The Hall–Kier alpha value is -2.53. The Kier molecular flexibility index (Phi) is 9.99. The molecule has 0 aliphatic rings. The van der Waals surface area contributed by atoms with E-state index < -0.39 is 13.4 Å². The molecule has 2 heterocycles. The molecule has 5 nitrogen and oxygen atoms in total. The van der Waals surface area contributed by atoms with Crippen molar-refractivity contribution in [1.29, 1.82) is 0 Å². The molecule has 0 amide bonds. The fraction of sp³-hybridized carbons (Fsp3) is 0.154. The summed E-state index contributed by atoms with van der Waals surface area (Å²) in [5.74, 6) is -1.05. The van der Waals surface area contributed by atoms with E-state index in [1.165, 1.54) is 11.3 Å². The fourth-order valence-corrected chi connectivity index (χ4v) is 5.04. The molecular weight excluding hydrogens is 490 g/mol. The van der Waals surface area contributed by atoms with Gasteiger partial charge in [0.15, 0.2) is 24.8 Å². The molecule has 0 aliphatic carbocycles. The predicted molar refractivity (Wildman–Crippen MR) is 124 cm³/mol. The SMILES string of the molecule is CCCc1ccccc1-[n+]1ccc(-c2cc[n+](C(c3ccccc3)P(=O)(O)O)cc2)cc1.[Cl-].[Cl-]. The van der Waals surface area contributed by atoms with Gasteiger partial charge in [-0.25, -0.2) is 0 Å². The average Bonchev–Trinajstić information content (AvgIpc) is 2.80. The van der Waals surface area contributed by atoms with Crippen molar-refractivity contribution in [2.24, 2.45) is 0 Å². The first-order valence-corrected chi connectivity index (χ1v) is 12.4. The Morgan fingerprint density at radius 1 is 0.765 bits per heavy atom. The van der Waals surface area contributed by atoms with Crippen LogP contribution in [0.15, 0.2) is 104 Å². The number of hydrogen-bond acceptors (Lipinski definition) is 1. The highest BCUT2D eigenvalue weighted by Crippen LogP contribution is 2.49. The summed E-state index contributed by atoms with van der Waals surface area (Å²) >= 11 is 0. The van der Waals surface area contributed by atoms with Crippen molar-refractivity contribution < 1.29 is 48.3 Å². The van der Waals surface area contributed by atoms with Crippen LogP contribution in [0.5, 0.6) is 0 Å². The molecule has 178 valence electrons. The zero-order chi connectivity index (χ0) is 22.6. The first-order chi connectivity index (χ1) is 15.5. The van der Waals surface area contributed by atoms with E-state index in [0.717, 1.165) is 24.0 Å². The van der Waals surface area contributed by atoms with Crippen molar-refractivity contribution in [2.75, 3.05) is 0 Å². The molecule has 0 fully saturated rings. The molecular formula is C26H27Cl2N2O3P. The van der Waals surface area contributed by atoms with E-state index in [1.807, 2.05) is 30.6 Å². The third-order valence-electron chi connectivity index (χ3n) is 5.50. The molecule has 4 aromatic rings. The van der Waals surface area contributed by atoms with E-state index in [4.69, 9.17) is 0 Å². The molecule has 8 heteroatoms. The van der Waals surface area contributed by atoms with Crippen LogP contribution in [0, 0.1) is 0 Å². The van der Waals surface area contributed by atoms with Gasteiger partial charge in [0, 0.05) is 41.5 Å². The third-order valence-corrected chi connectivity index (χ3v) is 6.71. The van der Waals surface area contributed by atoms with Gasteiger partial charge in [-0.1, -0.05) is 61.9 Å². The standard InChI is InChI=1S/C26H25N2O3P.2ClH/c1-2-8-23-9-6-7-12-25(23)27-17-13-21(14-18-27)22-15-19-28(20-16-22)26(32(29,30)31)24-10-4-3-5-11-24;;/h3-7,9-20,26H,2,8H2,1H3;2*1H.